The fraction of sp³-hybridized carbons (Fsp3) is 0.136. The number of nitrogens with one attached hydrogen (secondary N) is 2. The number of methoxy groups -OCH3 is 1. The summed E-state index contributed by atoms with van der Waals surface area (Å²) in [7, 11) is 1.65. The van der Waals surface area contributed by atoms with Gasteiger partial charge >= 0.3 is 0 Å². The standard InChI is InChI=1S/C22H20N4O2/c1-28-16-8-6-15(7-9-16)18(12-26-22(27)21-14-23-10-11-24-21)19-13-25-20-5-3-2-4-17(19)20/h2-11,13-14,18,25H,12H2,1H3,(H,26,27). The summed E-state index contributed by atoms with van der Waals surface area (Å²) in [6.45, 7) is 0.434. The van der Waals surface area contributed by atoms with Crippen LogP contribution in [-0.2, 0) is 0 Å². The lowest BCUT2D eigenvalue weighted by molar-refractivity contribution is 0.0947. The van der Waals surface area contributed by atoms with Crippen molar-refractivity contribution in [3.05, 3.63) is 90.1 Å². The van der Waals surface area contributed by atoms with Gasteiger partial charge in [-0.1, -0.05) is 30.3 Å². The van der Waals surface area contributed by atoms with Gasteiger partial charge in [0.15, 0.2) is 0 Å². The number of carbonyl (C=O) groups excluding carboxylic acids is 1. The molecule has 2 aromatic carbocycles. The van der Waals surface area contributed by atoms with Gasteiger partial charge in [-0.25, -0.2) is 4.98 Å². The van der Waals surface area contributed by atoms with Crippen molar-refractivity contribution in [2.24, 2.45) is 0 Å². The van der Waals surface area contributed by atoms with Crippen LogP contribution in [0.3, 0.4) is 0 Å². The molecule has 28 heavy (non-hydrogen) atoms. The lowest BCUT2D eigenvalue weighted by Gasteiger charge is -2.18. The summed E-state index contributed by atoms with van der Waals surface area (Å²) < 4.78 is 5.27. The van der Waals surface area contributed by atoms with E-state index < -0.39 is 0 Å². The molecule has 2 aromatic heterocycles. The SMILES string of the molecule is COc1ccc(C(CNC(=O)c2cnccn2)c2c[nH]c3ccccc23)cc1. The number of benzene rings is 2. The van der Waals surface area contributed by atoms with Gasteiger partial charge in [-0.15, -0.1) is 0 Å². The van der Waals surface area contributed by atoms with E-state index in [1.165, 1.54) is 12.4 Å². The Bertz CT molecular complexity index is 1070. The number of aromatic amines is 1. The molecule has 0 fully saturated rings. The second kappa shape index (κ2) is 7.92. The summed E-state index contributed by atoms with van der Waals surface area (Å²) in [4.78, 5) is 23.8. The molecule has 4 aromatic rings. The molecule has 0 bridgehead atoms. The molecule has 6 nitrogen and oxygen atoms in total. The summed E-state index contributed by atoms with van der Waals surface area (Å²) in [6.07, 6.45) is 6.52. The third kappa shape index (κ3) is 3.57. The zero-order valence-corrected chi connectivity index (χ0v) is 15.4. The van der Waals surface area contributed by atoms with Gasteiger partial charge in [0.05, 0.1) is 13.3 Å². The molecule has 0 spiro atoms. The van der Waals surface area contributed by atoms with Crippen LogP contribution < -0.4 is 10.1 Å². The molecule has 0 aliphatic heterocycles. The Morgan fingerprint density at radius 3 is 2.71 bits per heavy atom. The van der Waals surface area contributed by atoms with Gasteiger partial charge in [-0.2, -0.15) is 0 Å². The first-order chi connectivity index (χ1) is 13.8. The average Bonchev–Trinajstić information content (AvgIpc) is 3.19. The topological polar surface area (TPSA) is 79.9 Å². The number of carbonyl (C=O) groups is 1. The molecule has 0 aliphatic rings. The van der Waals surface area contributed by atoms with E-state index in [4.69, 9.17) is 4.74 Å². The highest BCUT2D eigenvalue weighted by molar-refractivity contribution is 5.92. The molecule has 2 heterocycles. The maximum atomic E-state index is 12.5. The third-order valence-corrected chi connectivity index (χ3v) is 4.78. The van der Waals surface area contributed by atoms with E-state index in [-0.39, 0.29) is 11.8 Å². The Kier molecular flexibility index (Phi) is 5.01. The summed E-state index contributed by atoms with van der Waals surface area (Å²) >= 11 is 0. The molecule has 1 atom stereocenters. The molecule has 1 amide bonds. The minimum absolute atomic E-state index is 0.0253. The predicted molar refractivity (Wildman–Crippen MR) is 108 cm³/mol. The quantitative estimate of drug-likeness (QED) is 0.543. The first kappa shape index (κ1) is 17.7. The molecule has 4 rings (SSSR count). The monoisotopic (exact) mass is 372 g/mol. The number of nitrogens with zero attached hydrogens (tertiary/aromatic N) is 2. The van der Waals surface area contributed by atoms with Crippen molar-refractivity contribution in [3.8, 4) is 5.75 Å². The first-order valence-electron chi connectivity index (χ1n) is 9.00. The molecule has 6 heteroatoms. The van der Waals surface area contributed by atoms with Crippen LogP contribution in [-0.4, -0.2) is 34.5 Å². The molecular formula is C22H20N4O2. The van der Waals surface area contributed by atoms with Crippen LogP contribution in [0.25, 0.3) is 10.9 Å². The molecule has 140 valence electrons. The van der Waals surface area contributed by atoms with Crippen LogP contribution in [0, 0.1) is 0 Å². The zero-order valence-electron chi connectivity index (χ0n) is 15.4. The Morgan fingerprint density at radius 2 is 1.96 bits per heavy atom. The molecule has 0 aliphatic carbocycles. The van der Waals surface area contributed by atoms with Crippen molar-refractivity contribution in [2.45, 2.75) is 5.92 Å². The maximum absolute atomic E-state index is 12.5. The van der Waals surface area contributed by atoms with E-state index in [2.05, 4.69) is 26.3 Å². The summed E-state index contributed by atoms with van der Waals surface area (Å²) in [5.74, 6) is 0.527. The number of aromatic nitrogens is 3. The van der Waals surface area contributed by atoms with Gasteiger partial charge in [-0.3, -0.25) is 9.78 Å². The molecule has 1 unspecified atom stereocenters. The van der Waals surface area contributed by atoms with Gasteiger partial charge in [0.2, 0.25) is 0 Å². The van der Waals surface area contributed by atoms with Crippen LogP contribution in [0.1, 0.15) is 27.5 Å². The smallest absolute Gasteiger partial charge is 0.271 e. The molecule has 0 saturated heterocycles. The largest absolute Gasteiger partial charge is 0.497 e. The lowest BCUT2D eigenvalue weighted by atomic mass is 9.90. The Hall–Kier alpha value is -3.67. The van der Waals surface area contributed by atoms with Gasteiger partial charge in [0.25, 0.3) is 5.91 Å². The molecule has 0 radical (unpaired) electrons. The van der Waals surface area contributed by atoms with Crippen molar-refractivity contribution in [1.29, 1.82) is 0 Å². The van der Waals surface area contributed by atoms with Gasteiger partial charge in [0.1, 0.15) is 11.4 Å². The van der Waals surface area contributed by atoms with E-state index >= 15 is 0 Å². The van der Waals surface area contributed by atoms with Crippen LogP contribution in [0.4, 0.5) is 0 Å². The number of hydrogen-bond acceptors (Lipinski definition) is 4. The van der Waals surface area contributed by atoms with Gasteiger partial charge in [-0.05, 0) is 29.3 Å². The van der Waals surface area contributed by atoms with Crippen molar-refractivity contribution in [1.82, 2.24) is 20.3 Å². The van der Waals surface area contributed by atoms with E-state index in [9.17, 15) is 4.79 Å². The molecule has 2 N–H and O–H groups in total. The number of amides is 1. The fourth-order valence-electron chi connectivity index (χ4n) is 3.33. The second-order valence-electron chi connectivity index (χ2n) is 6.42. The van der Waals surface area contributed by atoms with Crippen molar-refractivity contribution >= 4 is 16.8 Å². The summed E-state index contributed by atoms with van der Waals surface area (Å²) in [5.41, 5.74) is 3.58. The lowest BCUT2D eigenvalue weighted by Crippen LogP contribution is -2.29. The predicted octanol–water partition coefficient (Wildman–Crippen LogP) is 3.53. The Morgan fingerprint density at radius 1 is 1.14 bits per heavy atom. The highest BCUT2D eigenvalue weighted by atomic mass is 16.5. The van der Waals surface area contributed by atoms with Crippen molar-refractivity contribution in [2.75, 3.05) is 13.7 Å². The number of fused-ring (bicyclic) bond motifs is 1. The summed E-state index contributed by atoms with van der Waals surface area (Å²) in [5, 5.41) is 4.13. The maximum Gasteiger partial charge on any atom is 0.271 e. The highest BCUT2D eigenvalue weighted by Gasteiger charge is 2.20. The highest BCUT2D eigenvalue weighted by Crippen LogP contribution is 2.31. The number of para-hydroxylation sites is 1. The van der Waals surface area contributed by atoms with Crippen molar-refractivity contribution < 1.29 is 9.53 Å². The van der Waals surface area contributed by atoms with Gasteiger partial charge in [0, 0.05) is 42.0 Å². The molecule has 0 saturated carbocycles. The van der Waals surface area contributed by atoms with Gasteiger partial charge < -0.3 is 15.0 Å². The Labute approximate surface area is 162 Å². The van der Waals surface area contributed by atoms with Crippen LogP contribution in [0.15, 0.2) is 73.3 Å². The summed E-state index contributed by atoms with van der Waals surface area (Å²) in [6, 6.07) is 16.1. The molecular weight excluding hydrogens is 352 g/mol. The fourth-order valence-corrected chi connectivity index (χ4v) is 3.33. The number of H-pyrrole nitrogens is 1. The van der Waals surface area contributed by atoms with E-state index in [0.717, 1.165) is 27.8 Å². The van der Waals surface area contributed by atoms with E-state index in [0.29, 0.717) is 12.2 Å². The van der Waals surface area contributed by atoms with Crippen LogP contribution in [0.5, 0.6) is 5.75 Å². The second-order valence-corrected chi connectivity index (χ2v) is 6.42. The van der Waals surface area contributed by atoms with E-state index in [1.807, 2.05) is 48.7 Å². The van der Waals surface area contributed by atoms with E-state index in [1.54, 1.807) is 13.3 Å². The first-order valence-corrected chi connectivity index (χ1v) is 9.00. The number of hydrogen-bond donors (Lipinski definition) is 2. The third-order valence-electron chi connectivity index (χ3n) is 4.78. The average molecular weight is 372 g/mol. The Balaban J connectivity index is 1.66. The minimum Gasteiger partial charge on any atom is -0.497 e. The number of ether oxygens (including phenoxy) is 1. The zero-order chi connectivity index (χ0) is 19.3. The number of rotatable bonds is 6. The van der Waals surface area contributed by atoms with Crippen LogP contribution in [0.2, 0.25) is 0 Å². The van der Waals surface area contributed by atoms with Crippen molar-refractivity contribution in [3.63, 3.8) is 0 Å². The minimum atomic E-state index is -0.244. The normalized spacial score (nSPS) is 11.9. The van der Waals surface area contributed by atoms with Crippen LogP contribution >= 0.6 is 0 Å².